The van der Waals surface area contributed by atoms with Crippen molar-refractivity contribution < 1.29 is 31.1 Å². The van der Waals surface area contributed by atoms with Crippen molar-refractivity contribution in [2.75, 3.05) is 0 Å². The fraction of sp³-hybridized carbons (Fsp3) is 0.556. The van der Waals surface area contributed by atoms with Gasteiger partial charge in [-0.1, -0.05) is 44.4 Å². The quantitative estimate of drug-likeness (QED) is 0.356. The van der Waals surface area contributed by atoms with Crippen molar-refractivity contribution in [3.05, 3.63) is 53.6 Å². The van der Waals surface area contributed by atoms with Gasteiger partial charge >= 0.3 is 12.5 Å². The molecule has 2 saturated carbocycles. The van der Waals surface area contributed by atoms with Gasteiger partial charge in [-0.05, 0) is 85.1 Å². The van der Waals surface area contributed by atoms with Gasteiger partial charge in [0.15, 0.2) is 11.6 Å². The van der Waals surface area contributed by atoms with Crippen LogP contribution in [0.25, 0.3) is 11.1 Å². The summed E-state index contributed by atoms with van der Waals surface area (Å²) in [5.41, 5.74) is 1.16. The van der Waals surface area contributed by atoms with Crippen molar-refractivity contribution in [1.82, 2.24) is 0 Å². The Hall–Kier alpha value is -2.18. The molecule has 2 aromatic carbocycles. The van der Waals surface area contributed by atoms with Crippen molar-refractivity contribution in [2.24, 2.45) is 17.8 Å². The molecule has 1 nitrogen and oxygen atoms in total. The number of hydrogen-bond donors (Lipinski definition) is 0. The summed E-state index contributed by atoms with van der Waals surface area (Å²) in [6, 6.07) is 7.70. The van der Waals surface area contributed by atoms with E-state index >= 15 is 0 Å². The van der Waals surface area contributed by atoms with E-state index in [-0.39, 0.29) is 17.0 Å². The molecule has 0 amide bonds. The molecule has 4 rings (SSSR count). The number of fused-ring (bicyclic) bond motifs is 1. The Morgan fingerprint density at radius 3 is 2.32 bits per heavy atom. The second-order valence-corrected chi connectivity index (χ2v) is 9.85. The lowest BCUT2D eigenvalue weighted by Gasteiger charge is -2.42. The average Bonchev–Trinajstić information content (AvgIpc) is 2.80. The Morgan fingerprint density at radius 1 is 0.912 bits per heavy atom. The molecular weight excluding hydrogens is 454 g/mol. The molecule has 0 radical (unpaired) electrons. The van der Waals surface area contributed by atoms with Crippen LogP contribution < -0.4 is 4.74 Å². The zero-order chi connectivity index (χ0) is 24.5. The first-order chi connectivity index (χ1) is 16.2. The van der Waals surface area contributed by atoms with Crippen LogP contribution >= 0.6 is 0 Å². The van der Waals surface area contributed by atoms with Gasteiger partial charge in [0, 0.05) is 5.56 Å². The zero-order valence-electron chi connectivity index (χ0n) is 19.2. The van der Waals surface area contributed by atoms with Gasteiger partial charge in [-0.2, -0.15) is 17.6 Å². The van der Waals surface area contributed by atoms with E-state index in [1.807, 2.05) is 6.07 Å². The fourth-order valence-corrected chi connectivity index (χ4v) is 5.92. The second-order valence-electron chi connectivity index (χ2n) is 9.85. The maximum atomic E-state index is 15.0. The van der Waals surface area contributed by atoms with Crippen LogP contribution in [0.3, 0.4) is 0 Å². The molecule has 0 spiro atoms. The Bertz CT molecular complexity index is 991. The Kier molecular flexibility index (Phi) is 7.48. The van der Waals surface area contributed by atoms with E-state index in [2.05, 4.69) is 11.7 Å². The van der Waals surface area contributed by atoms with Gasteiger partial charge in [-0.3, -0.25) is 0 Å². The van der Waals surface area contributed by atoms with Gasteiger partial charge in [0.25, 0.3) is 0 Å². The minimum atomic E-state index is -4.82. The van der Waals surface area contributed by atoms with Gasteiger partial charge in [-0.15, -0.1) is 0 Å². The van der Waals surface area contributed by atoms with Crippen LogP contribution in [-0.4, -0.2) is 12.5 Å². The van der Waals surface area contributed by atoms with Crippen molar-refractivity contribution in [2.45, 2.75) is 76.7 Å². The molecule has 7 heteroatoms. The lowest BCUT2D eigenvalue weighted by Crippen LogP contribution is -2.33. The first-order valence-corrected chi connectivity index (χ1v) is 12.1. The summed E-state index contributed by atoms with van der Waals surface area (Å²) in [5.74, 6) is -0.226. The van der Waals surface area contributed by atoms with Crippen LogP contribution in [0.1, 0.15) is 69.8 Å². The van der Waals surface area contributed by atoms with Crippen molar-refractivity contribution in [1.29, 1.82) is 0 Å². The van der Waals surface area contributed by atoms with E-state index < -0.39 is 29.9 Å². The summed E-state index contributed by atoms with van der Waals surface area (Å²) in [7, 11) is 0. The smallest absolute Gasteiger partial charge is 0.425 e. The molecule has 1 unspecified atom stereocenters. The number of ether oxygens (including phenoxy) is 1. The molecule has 0 aliphatic heterocycles. The molecule has 0 N–H and O–H groups in total. The van der Waals surface area contributed by atoms with E-state index in [9.17, 15) is 26.3 Å². The fourth-order valence-electron chi connectivity index (χ4n) is 5.92. The van der Waals surface area contributed by atoms with Crippen LogP contribution in [0.4, 0.5) is 26.3 Å². The van der Waals surface area contributed by atoms with Crippen LogP contribution in [0, 0.1) is 29.4 Å². The number of alkyl halides is 4. The molecule has 34 heavy (non-hydrogen) atoms. The standard InChI is InChI=1S/C27H30F6O/c1-2-3-16-4-5-18-13-19(7-6-17(18)12-16)20-8-10-22(23(28)14-20)21-9-11-25(24(29)15-21)34-27(32,33)26(30)31/h8-11,14-19,26H,2-7,12-13H2,1H3/t16?,17-,18-,19-/m1/s1. The third-order valence-corrected chi connectivity index (χ3v) is 7.63. The Balaban J connectivity index is 1.45. The summed E-state index contributed by atoms with van der Waals surface area (Å²) < 4.78 is 83.8. The predicted molar refractivity (Wildman–Crippen MR) is 119 cm³/mol. The molecule has 4 atom stereocenters. The van der Waals surface area contributed by atoms with Gasteiger partial charge in [-0.25, -0.2) is 8.78 Å². The minimum absolute atomic E-state index is 0.114. The number of hydrogen-bond acceptors (Lipinski definition) is 1. The molecule has 2 aliphatic carbocycles. The van der Waals surface area contributed by atoms with E-state index in [1.54, 1.807) is 6.07 Å². The summed E-state index contributed by atoms with van der Waals surface area (Å²) in [6.45, 7) is 2.24. The Labute approximate surface area is 196 Å². The molecule has 2 fully saturated rings. The molecule has 0 heterocycles. The number of benzene rings is 2. The zero-order valence-corrected chi connectivity index (χ0v) is 19.2. The molecular formula is C27H30F6O. The first-order valence-electron chi connectivity index (χ1n) is 12.1. The largest absolute Gasteiger partial charge is 0.461 e. The number of halogens is 6. The van der Waals surface area contributed by atoms with Crippen molar-refractivity contribution in [3.63, 3.8) is 0 Å². The molecule has 0 aromatic heterocycles. The van der Waals surface area contributed by atoms with Crippen LogP contribution in [0.15, 0.2) is 36.4 Å². The summed E-state index contributed by atoms with van der Waals surface area (Å²) >= 11 is 0. The average molecular weight is 485 g/mol. The normalized spacial score (nSPS) is 25.3. The molecule has 2 aromatic rings. The minimum Gasteiger partial charge on any atom is -0.425 e. The molecule has 0 saturated heterocycles. The maximum Gasteiger partial charge on any atom is 0.461 e. The molecule has 0 bridgehead atoms. The third kappa shape index (κ3) is 5.38. The van der Waals surface area contributed by atoms with Crippen molar-refractivity contribution >= 4 is 0 Å². The monoisotopic (exact) mass is 484 g/mol. The van der Waals surface area contributed by atoms with E-state index in [4.69, 9.17) is 0 Å². The van der Waals surface area contributed by atoms with E-state index in [0.717, 1.165) is 48.8 Å². The van der Waals surface area contributed by atoms with Crippen LogP contribution in [0.5, 0.6) is 5.75 Å². The van der Waals surface area contributed by atoms with Crippen molar-refractivity contribution in [3.8, 4) is 16.9 Å². The van der Waals surface area contributed by atoms with Crippen LogP contribution in [0.2, 0.25) is 0 Å². The summed E-state index contributed by atoms with van der Waals surface area (Å²) in [5, 5.41) is 0. The predicted octanol–water partition coefficient (Wildman–Crippen LogP) is 8.97. The van der Waals surface area contributed by atoms with Gasteiger partial charge in [0.05, 0.1) is 0 Å². The molecule has 186 valence electrons. The highest BCUT2D eigenvalue weighted by Crippen LogP contribution is 2.48. The lowest BCUT2D eigenvalue weighted by atomic mass is 9.63. The molecule has 2 aliphatic rings. The van der Waals surface area contributed by atoms with Gasteiger partial charge in [0.1, 0.15) is 5.82 Å². The topological polar surface area (TPSA) is 9.23 Å². The van der Waals surface area contributed by atoms with E-state index in [1.165, 1.54) is 44.2 Å². The SMILES string of the molecule is CCCC1CC[C@@H]2C[C@H](c3ccc(-c4ccc(OC(F)(F)C(F)F)c(F)c4)c(F)c3)CC[C@@H]2C1. The Morgan fingerprint density at radius 2 is 1.65 bits per heavy atom. The second kappa shape index (κ2) is 10.2. The summed E-state index contributed by atoms with van der Waals surface area (Å²) in [6.07, 6.45) is 0.705. The highest BCUT2D eigenvalue weighted by atomic mass is 19.3. The van der Waals surface area contributed by atoms with E-state index in [0.29, 0.717) is 5.92 Å². The third-order valence-electron chi connectivity index (χ3n) is 7.63. The highest BCUT2D eigenvalue weighted by molar-refractivity contribution is 5.65. The van der Waals surface area contributed by atoms with Crippen LogP contribution in [-0.2, 0) is 0 Å². The first kappa shape index (κ1) is 24.9. The highest BCUT2D eigenvalue weighted by Gasteiger charge is 2.44. The maximum absolute atomic E-state index is 15.0. The van der Waals surface area contributed by atoms with Gasteiger partial charge < -0.3 is 4.74 Å². The van der Waals surface area contributed by atoms with Gasteiger partial charge in [0.2, 0.25) is 0 Å². The lowest BCUT2D eigenvalue weighted by molar-refractivity contribution is -0.254. The summed E-state index contributed by atoms with van der Waals surface area (Å²) in [4.78, 5) is 0. The number of rotatable bonds is 7.